The van der Waals surface area contributed by atoms with Gasteiger partial charge in [-0.2, -0.15) is 0 Å². The molecule has 3 aromatic rings. The van der Waals surface area contributed by atoms with Gasteiger partial charge in [-0.3, -0.25) is 4.79 Å². The number of carbonyl (C=O) groups is 2. The van der Waals surface area contributed by atoms with Gasteiger partial charge in [-0.25, -0.2) is 9.18 Å². The summed E-state index contributed by atoms with van der Waals surface area (Å²) >= 11 is 0. The van der Waals surface area contributed by atoms with Crippen LogP contribution in [0.3, 0.4) is 0 Å². The average molecular weight is 380 g/mol. The van der Waals surface area contributed by atoms with E-state index in [0.29, 0.717) is 23.7 Å². The molecule has 0 unspecified atom stereocenters. The van der Waals surface area contributed by atoms with Gasteiger partial charge in [0, 0.05) is 5.69 Å². The summed E-state index contributed by atoms with van der Waals surface area (Å²) in [7, 11) is 0. The molecule has 3 rings (SSSR count). The minimum atomic E-state index is -0.613. The van der Waals surface area contributed by atoms with E-state index in [1.165, 1.54) is 18.2 Å². The van der Waals surface area contributed by atoms with Gasteiger partial charge < -0.3 is 15.4 Å². The van der Waals surface area contributed by atoms with Crippen LogP contribution in [0.1, 0.15) is 27.6 Å². The Labute approximate surface area is 160 Å². The molecule has 1 amide bonds. The fraction of sp³-hybridized carbons (Fsp3) is 0.100. The Kier molecular flexibility index (Phi) is 5.91. The van der Waals surface area contributed by atoms with E-state index in [1.807, 2.05) is 0 Å². The molecule has 0 radical (unpaired) electrons. The molecular formula is C20H17FN4O3. The van der Waals surface area contributed by atoms with Gasteiger partial charge >= 0.3 is 5.97 Å². The highest BCUT2D eigenvalue weighted by Crippen LogP contribution is 2.17. The standard InChI is InChI=1S/C20H17FN4O3/c1-2-28-20(27)13-7-9-14(10-8-13)22-17-11-12-18(25-24-17)23-19(26)15-5-3-4-6-16(15)21/h3-12H,2H2,1H3,(H,22,24)(H,23,25,26). The fourth-order valence-corrected chi connectivity index (χ4v) is 2.35. The molecule has 142 valence electrons. The van der Waals surface area contributed by atoms with Crippen molar-refractivity contribution >= 4 is 29.2 Å². The predicted molar refractivity (Wildman–Crippen MR) is 102 cm³/mol. The molecule has 8 heteroatoms. The van der Waals surface area contributed by atoms with E-state index in [2.05, 4.69) is 20.8 Å². The Morgan fingerprint density at radius 1 is 0.964 bits per heavy atom. The van der Waals surface area contributed by atoms with Crippen molar-refractivity contribution in [2.45, 2.75) is 6.92 Å². The zero-order chi connectivity index (χ0) is 19.9. The lowest BCUT2D eigenvalue weighted by molar-refractivity contribution is 0.0526. The number of esters is 1. The molecule has 0 atom stereocenters. The normalized spacial score (nSPS) is 10.2. The maximum absolute atomic E-state index is 13.6. The van der Waals surface area contributed by atoms with Crippen LogP contribution in [0, 0.1) is 5.82 Å². The van der Waals surface area contributed by atoms with Crippen molar-refractivity contribution in [2.75, 3.05) is 17.2 Å². The Balaban J connectivity index is 1.62. The number of amides is 1. The van der Waals surface area contributed by atoms with Crippen molar-refractivity contribution in [3.8, 4) is 0 Å². The van der Waals surface area contributed by atoms with Crippen LogP contribution in [-0.2, 0) is 4.74 Å². The number of anilines is 3. The van der Waals surface area contributed by atoms with E-state index in [0.717, 1.165) is 0 Å². The van der Waals surface area contributed by atoms with Crippen molar-refractivity contribution in [1.82, 2.24) is 10.2 Å². The third-order valence-corrected chi connectivity index (χ3v) is 3.69. The molecule has 0 fully saturated rings. The molecule has 1 heterocycles. The Morgan fingerprint density at radius 2 is 1.64 bits per heavy atom. The van der Waals surface area contributed by atoms with E-state index < -0.39 is 11.7 Å². The molecule has 0 bridgehead atoms. The first-order chi connectivity index (χ1) is 13.6. The summed E-state index contributed by atoms with van der Waals surface area (Å²) in [6.45, 7) is 2.06. The van der Waals surface area contributed by atoms with Gasteiger partial charge in [0.05, 0.1) is 17.7 Å². The minimum absolute atomic E-state index is 0.0757. The molecule has 7 nitrogen and oxygen atoms in total. The largest absolute Gasteiger partial charge is 0.462 e. The molecule has 28 heavy (non-hydrogen) atoms. The maximum Gasteiger partial charge on any atom is 0.338 e. The van der Waals surface area contributed by atoms with Crippen molar-refractivity contribution in [1.29, 1.82) is 0 Å². The zero-order valence-electron chi connectivity index (χ0n) is 15.0. The molecule has 0 aliphatic carbocycles. The third kappa shape index (κ3) is 4.67. The Hall–Kier alpha value is -3.81. The Bertz CT molecular complexity index is 976. The number of nitrogens with zero attached hydrogens (tertiary/aromatic N) is 2. The van der Waals surface area contributed by atoms with E-state index in [9.17, 15) is 14.0 Å². The van der Waals surface area contributed by atoms with Crippen LogP contribution in [-0.4, -0.2) is 28.7 Å². The number of benzene rings is 2. The lowest BCUT2D eigenvalue weighted by Crippen LogP contribution is -2.15. The lowest BCUT2D eigenvalue weighted by Gasteiger charge is -2.08. The first-order valence-corrected chi connectivity index (χ1v) is 8.50. The summed E-state index contributed by atoms with van der Waals surface area (Å²) in [4.78, 5) is 23.7. The molecule has 0 saturated carbocycles. The third-order valence-electron chi connectivity index (χ3n) is 3.69. The highest BCUT2D eigenvalue weighted by atomic mass is 19.1. The average Bonchev–Trinajstić information content (AvgIpc) is 2.70. The first-order valence-electron chi connectivity index (χ1n) is 8.50. The number of nitrogens with one attached hydrogen (secondary N) is 2. The molecule has 0 aliphatic heterocycles. The van der Waals surface area contributed by atoms with E-state index in [1.54, 1.807) is 49.4 Å². The van der Waals surface area contributed by atoms with Crippen LogP contribution in [0.5, 0.6) is 0 Å². The van der Waals surface area contributed by atoms with E-state index >= 15 is 0 Å². The number of aromatic nitrogens is 2. The van der Waals surface area contributed by atoms with Gasteiger partial charge in [0.15, 0.2) is 11.6 Å². The predicted octanol–water partition coefficient (Wildman–Crippen LogP) is 3.79. The fourth-order valence-electron chi connectivity index (χ4n) is 2.35. The summed E-state index contributed by atoms with van der Waals surface area (Å²) in [6, 6.07) is 15.5. The minimum Gasteiger partial charge on any atom is -0.462 e. The van der Waals surface area contributed by atoms with Gasteiger partial charge in [0.2, 0.25) is 0 Å². The van der Waals surface area contributed by atoms with Crippen LogP contribution in [0.25, 0.3) is 0 Å². The van der Waals surface area contributed by atoms with Crippen LogP contribution in [0.2, 0.25) is 0 Å². The van der Waals surface area contributed by atoms with Crippen LogP contribution < -0.4 is 10.6 Å². The number of hydrogen-bond acceptors (Lipinski definition) is 6. The van der Waals surface area contributed by atoms with Gasteiger partial charge in [-0.05, 0) is 55.5 Å². The van der Waals surface area contributed by atoms with E-state index in [4.69, 9.17) is 4.74 Å². The van der Waals surface area contributed by atoms with Gasteiger partial charge in [0.25, 0.3) is 5.91 Å². The van der Waals surface area contributed by atoms with Crippen LogP contribution >= 0.6 is 0 Å². The van der Waals surface area contributed by atoms with Crippen LogP contribution in [0.15, 0.2) is 60.7 Å². The quantitative estimate of drug-likeness (QED) is 0.632. The van der Waals surface area contributed by atoms with Crippen molar-refractivity contribution in [3.05, 3.63) is 77.6 Å². The topological polar surface area (TPSA) is 93.2 Å². The second-order valence-electron chi connectivity index (χ2n) is 5.66. The molecule has 1 aromatic heterocycles. The second kappa shape index (κ2) is 8.72. The molecule has 2 N–H and O–H groups in total. The summed E-state index contributed by atoms with van der Waals surface area (Å²) in [6.07, 6.45) is 0. The first kappa shape index (κ1) is 19.0. The lowest BCUT2D eigenvalue weighted by atomic mass is 10.2. The summed E-state index contributed by atoms with van der Waals surface area (Å²) in [5, 5.41) is 13.4. The maximum atomic E-state index is 13.6. The SMILES string of the molecule is CCOC(=O)c1ccc(Nc2ccc(NC(=O)c3ccccc3F)nn2)cc1. The number of halogens is 1. The molecule has 0 spiro atoms. The zero-order valence-corrected chi connectivity index (χ0v) is 15.0. The van der Waals surface area contributed by atoms with Gasteiger partial charge in [-0.15, -0.1) is 10.2 Å². The smallest absolute Gasteiger partial charge is 0.338 e. The summed E-state index contributed by atoms with van der Waals surface area (Å²) in [5.74, 6) is -0.979. The number of rotatable bonds is 6. The highest BCUT2D eigenvalue weighted by Gasteiger charge is 2.12. The number of carbonyl (C=O) groups excluding carboxylic acids is 2. The van der Waals surface area contributed by atoms with Crippen LogP contribution in [0.4, 0.5) is 21.7 Å². The molecule has 2 aromatic carbocycles. The summed E-state index contributed by atoms with van der Waals surface area (Å²) in [5.41, 5.74) is 1.07. The van der Waals surface area contributed by atoms with Gasteiger partial charge in [0.1, 0.15) is 5.82 Å². The Morgan fingerprint density at radius 3 is 2.29 bits per heavy atom. The monoisotopic (exact) mass is 380 g/mol. The molecule has 0 aliphatic rings. The van der Waals surface area contributed by atoms with Crippen molar-refractivity contribution < 1.29 is 18.7 Å². The molecule has 0 saturated heterocycles. The second-order valence-corrected chi connectivity index (χ2v) is 5.66. The number of ether oxygens (including phenoxy) is 1. The van der Waals surface area contributed by atoms with Gasteiger partial charge in [-0.1, -0.05) is 12.1 Å². The number of hydrogen-bond donors (Lipinski definition) is 2. The summed E-state index contributed by atoms with van der Waals surface area (Å²) < 4.78 is 18.6. The highest BCUT2D eigenvalue weighted by molar-refractivity contribution is 6.03. The molecular weight excluding hydrogens is 363 g/mol. The van der Waals surface area contributed by atoms with Crippen molar-refractivity contribution in [3.63, 3.8) is 0 Å². The van der Waals surface area contributed by atoms with E-state index in [-0.39, 0.29) is 17.4 Å². The van der Waals surface area contributed by atoms with Crippen molar-refractivity contribution in [2.24, 2.45) is 0 Å².